The van der Waals surface area contributed by atoms with Gasteiger partial charge in [-0.15, -0.1) is 0 Å². The number of rotatable bonds is 4. The lowest BCUT2D eigenvalue weighted by Crippen LogP contribution is -2.63. The fraction of sp³-hybridized carbons (Fsp3) is 0.875. The third kappa shape index (κ3) is 2.65. The van der Waals surface area contributed by atoms with Crippen molar-refractivity contribution in [2.75, 3.05) is 19.6 Å². The Morgan fingerprint density at radius 3 is 2.94 bits per heavy atom. The number of allylic oxidation sites excluding steroid dienone is 1. The summed E-state index contributed by atoms with van der Waals surface area (Å²) in [6, 6.07) is 0.707. The van der Waals surface area contributed by atoms with Crippen LogP contribution in [-0.4, -0.2) is 36.1 Å². The van der Waals surface area contributed by atoms with Gasteiger partial charge in [0.15, 0.2) is 0 Å². The average Bonchev–Trinajstić information content (AvgIpc) is 3.10. The SMILES string of the molecule is CC1CNC(C)(C2CC2)CN1CCC1=CCCC1. The van der Waals surface area contributed by atoms with Crippen LogP contribution in [-0.2, 0) is 0 Å². The smallest absolute Gasteiger partial charge is 0.0309 e. The van der Waals surface area contributed by atoms with Crippen LogP contribution in [0.25, 0.3) is 0 Å². The molecule has 1 saturated carbocycles. The Labute approximate surface area is 112 Å². The standard InChI is InChI=1S/C16H28N2/c1-13-11-17-16(2,15-7-8-15)12-18(13)10-9-14-5-3-4-6-14/h5,13,15,17H,3-4,6-12H2,1-2H3. The quantitative estimate of drug-likeness (QED) is 0.770. The molecule has 0 amide bonds. The lowest BCUT2D eigenvalue weighted by Gasteiger charge is -2.45. The molecule has 2 nitrogen and oxygen atoms in total. The maximum absolute atomic E-state index is 3.81. The van der Waals surface area contributed by atoms with Crippen molar-refractivity contribution in [2.24, 2.45) is 5.92 Å². The molecule has 1 saturated heterocycles. The normalized spacial score (nSPS) is 37.9. The molecule has 3 rings (SSSR count). The molecule has 1 heterocycles. The van der Waals surface area contributed by atoms with E-state index in [1.54, 1.807) is 5.57 Å². The fourth-order valence-electron chi connectivity index (χ4n) is 3.69. The first-order valence-corrected chi connectivity index (χ1v) is 7.84. The molecule has 3 aliphatic rings. The van der Waals surface area contributed by atoms with E-state index in [1.165, 1.54) is 58.2 Å². The van der Waals surface area contributed by atoms with Crippen molar-refractivity contribution in [3.63, 3.8) is 0 Å². The topological polar surface area (TPSA) is 15.3 Å². The highest BCUT2D eigenvalue weighted by Gasteiger charge is 2.45. The minimum Gasteiger partial charge on any atom is -0.308 e. The minimum atomic E-state index is 0.399. The monoisotopic (exact) mass is 248 g/mol. The largest absolute Gasteiger partial charge is 0.308 e. The van der Waals surface area contributed by atoms with Crippen LogP contribution in [0.5, 0.6) is 0 Å². The van der Waals surface area contributed by atoms with Gasteiger partial charge in [-0.2, -0.15) is 0 Å². The number of hydrogen-bond donors (Lipinski definition) is 1. The second-order valence-corrected chi connectivity index (χ2v) is 6.90. The molecule has 0 bridgehead atoms. The van der Waals surface area contributed by atoms with Gasteiger partial charge in [0.25, 0.3) is 0 Å². The molecular weight excluding hydrogens is 220 g/mol. The zero-order valence-electron chi connectivity index (χ0n) is 12.0. The molecule has 1 aliphatic heterocycles. The third-order valence-electron chi connectivity index (χ3n) is 5.29. The summed E-state index contributed by atoms with van der Waals surface area (Å²) in [5.41, 5.74) is 2.12. The second kappa shape index (κ2) is 4.97. The van der Waals surface area contributed by atoms with Crippen LogP contribution in [0.2, 0.25) is 0 Å². The number of hydrogen-bond acceptors (Lipinski definition) is 2. The van der Waals surface area contributed by atoms with Gasteiger partial charge < -0.3 is 5.32 Å². The van der Waals surface area contributed by atoms with Gasteiger partial charge in [-0.3, -0.25) is 4.90 Å². The Balaban J connectivity index is 1.55. The van der Waals surface area contributed by atoms with Crippen molar-refractivity contribution in [2.45, 2.75) is 64.0 Å². The van der Waals surface area contributed by atoms with E-state index in [0.717, 1.165) is 5.92 Å². The molecule has 0 aromatic heterocycles. The lowest BCUT2D eigenvalue weighted by atomic mass is 9.91. The number of nitrogens with one attached hydrogen (secondary N) is 1. The summed E-state index contributed by atoms with van der Waals surface area (Å²) in [6.07, 6.45) is 10.8. The molecule has 2 aliphatic carbocycles. The first-order valence-electron chi connectivity index (χ1n) is 7.84. The summed E-state index contributed by atoms with van der Waals surface area (Å²) in [6.45, 7) is 8.52. The molecule has 0 aromatic rings. The van der Waals surface area contributed by atoms with Gasteiger partial charge in [-0.05, 0) is 58.3 Å². The maximum Gasteiger partial charge on any atom is 0.0309 e. The van der Waals surface area contributed by atoms with Crippen LogP contribution in [0.4, 0.5) is 0 Å². The van der Waals surface area contributed by atoms with Gasteiger partial charge in [0, 0.05) is 31.2 Å². The molecular formula is C16H28N2. The fourth-order valence-corrected chi connectivity index (χ4v) is 3.69. The second-order valence-electron chi connectivity index (χ2n) is 6.90. The first-order chi connectivity index (χ1) is 8.67. The van der Waals surface area contributed by atoms with E-state index in [-0.39, 0.29) is 0 Å². The molecule has 2 fully saturated rings. The number of piperazine rings is 1. The van der Waals surface area contributed by atoms with Gasteiger partial charge in [0.05, 0.1) is 0 Å². The molecule has 0 radical (unpaired) electrons. The van der Waals surface area contributed by atoms with Gasteiger partial charge >= 0.3 is 0 Å². The molecule has 2 atom stereocenters. The Hall–Kier alpha value is -0.340. The Morgan fingerprint density at radius 1 is 1.44 bits per heavy atom. The van der Waals surface area contributed by atoms with E-state index in [4.69, 9.17) is 0 Å². The van der Waals surface area contributed by atoms with Gasteiger partial charge in [-0.25, -0.2) is 0 Å². The van der Waals surface area contributed by atoms with Gasteiger partial charge in [0.2, 0.25) is 0 Å². The Morgan fingerprint density at radius 2 is 2.28 bits per heavy atom. The van der Waals surface area contributed by atoms with Crippen molar-refractivity contribution in [1.29, 1.82) is 0 Å². The number of nitrogens with zero attached hydrogens (tertiary/aromatic N) is 1. The van der Waals surface area contributed by atoms with E-state index >= 15 is 0 Å². The van der Waals surface area contributed by atoms with Crippen LogP contribution < -0.4 is 5.32 Å². The van der Waals surface area contributed by atoms with E-state index in [1.807, 2.05) is 0 Å². The van der Waals surface area contributed by atoms with Crippen LogP contribution >= 0.6 is 0 Å². The van der Waals surface area contributed by atoms with E-state index in [2.05, 4.69) is 30.1 Å². The molecule has 102 valence electrons. The molecule has 2 heteroatoms. The molecule has 1 N–H and O–H groups in total. The van der Waals surface area contributed by atoms with Crippen LogP contribution in [0.15, 0.2) is 11.6 Å². The third-order valence-corrected chi connectivity index (χ3v) is 5.29. The lowest BCUT2D eigenvalue weighted by molar-refractivity contribution is 0.0843. The van der Waals surface area contributed by atoms with Crippen molar-refractivity contribution < 1.29 is 0 Å². The van der Waals surface area contributed by atoms with Crippen molar-refractivity contribution in [1.82, 2.24) is 10.2 Å². The van der Waals surface area contributed by atoms with Crippen LogP contribution in [0.3, 0.4) is 0 Å². The van der Waals surface area contributed by atoms with Crippen molar-refractivity contribution in [3.8, 4) is 0 Å². The summed E-state index contributed by atoms with van der Waals surface area (Å²) in [7, 11) is 0. The predicted octanol–water partition coefficient (Wildman–Crippen LogP) is 2.95. The Kier molecular flexibility index (Phi) is 3.50. The highest BCUT2D eigenvalue weighted by Crippen LogP contribution is 2.41. The summed E-state index contributed by atoms with van der Waals surface area (Å²) in [4.78, 5) is 2.73. The van der Waals surface area contributed by atoms with Gasteiger partial charge in [-0.1, -0.05) is 11.6 Å². The van der Waals surface area contributed by atoms with Crippen molar-refractivity contribution in [3.05, 3.63) is 11.6 Å². The van der Waals surface area contributed by atoms with Gasteiger partial charge in [0.1, 0.15) is 0 Å². The maximum atomic E-state index is 3.81. The molecule has 2 unspecified atom stereocenters. The highest BCUT2D eigenvalue weighted by molar-refractivity contribution is 5.09. The van der Waals surface area contributed by atoms with Crippen molar-refractivity contribution >= 4 is 0 Å². The molecule has 0 aromatic carbocycles. The summed E-state index contributed by atoms with van der Waals surface area (Å²) in [5.74, 6) is 0.943. The summed E-state index contributed by atoms with van der Waals surface area (Å²) < 4.78 is 0. The zero-order valence-corrected chi connectivity index (χ0v) is 12.0. The van der Waals surface area contributed by atoms with E-state index in [0.29, 0.717) is 11.6 Å². The molecule has 18 heavy (non-hydrogen) atoms. The van der Waals surface area contributed by atoms with E-state index < -0.39 is 0 Å². The predicted molar refractivity (Wildman–Crippen MR) is 76.7 cm³/mol. The highest BCUT2D eigenvalue weighted by atomic mass is 15.2. The van der Waals surface area contributed by atoms with Crippen LogP contribution in [0.1, 0.15) is 52.4 Å². The zero-order chi connectivity index (χ0) is 12.6. The average molecular weight is 248 g/mol. The summed E-state index contributed by atoms with van der Waals surface area (Å²) >= 11 is 0. The summed E-state index contributed by atoms with van der Waals surface area (Å²) in [5, 5.41) is 3.81. The van der Waals surface area contributed by atoms with Crippen LogP contribution in [0, 0.1) is 5.92 Å². The van der Waals surface area contributed by atoms with E-state index in [9.17, 15) is 0 Å². The Bertz CT molecular complexity index is 332. The first kappa shape index (κ1) is 12.7. The minimum absolute atomic E-state index is 0.399. The molecule has 0 spiro atoms.